The first-order chi connectivity index (χ1) is 7.22. The summed E-state index contributed by atoms with van der Waals surface area (Å²) in [5.41, 5.74) is 5.54. The molecule has 1 saturated carbocycles. The quantitative estimate of drug-likeness (QED) is 0.381. The fourth-order valence-corrected chi connectivity index (χ4v) is 1.01. The van der Waals surface area contributed by atoms with E-state index >= 15 is 0 Å². The van der Waals surface area contributed by atoms with E-state index in [1.807, 2.05) is 18.1 Å². The third-order valence-corrected chi connectivity index (χ3v) is 2.09. The summed E-state index contributed by atoms with van der Waals surface area (Å²) in [5, 5.41) is 0. The summed E-state index contributed by atoms with van der Waals surface area (Å²) in [7, 11) is 1.96. The van der Waals surface area contributed by atoms with Crippen LogP contribution in [0.25, 0.3) is 0 Å². The number of carbonyl (C=O) groups excluding carboxylic acids is 1. The maximum Gasteiger partial charge on any atom is 0.165 e. The number of aldehydes is 1. The molecule has 84 valence electrons. The van der Waals surface area contributed by atoms with Crippen LogP contribution in [0.3, 0.4) is 0 Å². The lowest BCUT2D eigenvalue weighted by molar-refractivity contribution is -0.104. The molecular weight excluding hydrogens is 192 g/mol. The third kappa shape index (κ3) is 5.91. The van der Waals surface area contributed by atoms with Crippen molar-refractivity contribution in [3.05, 3.63) is 24.0 Å². The molecule has 0 amide bonds. The number of carbonyl (C=O) groups is 1. The molecule has 0 aromatic heterocycles. The zero-order valence-corrected chi connectivity index (χ0v) is 9.06. The van der Waals surface area contributed by atoms with Crippen LogP contribution in [0.5, 0.6) is 0 Å². The largest absolute Gasteiger partial charge is 0.396 e. The monoisotopic (exact) mass is 210 g/mol. The predicted molar refractivity (Wildman–Crippen MR) is 59.1 cm³/mol. The molecule has 1 rings (SSSR count). The second-order valence-corrected chi connectivity index (χ2v) is 3.68. The summed E-state index contributed by atoms with van der Waals surface area (Å²) in [4.78, 5) is 12.2. The summed E-state index contributed by atoms with van der Waals surface area (Å²) in [6.07, 6.45) is 8.74. The van der Waals surface area contributed by atoms with Crippen molar-refractivity contribution in [3.63, 3.8) is 0 Å². The summed E-state index contributed by atoms with van der Waals surface area (Å²) >= 11 is 0. The highest BCUT2D eigenvalue weighted by Gasteiger charge is 2.21. The SMILES string of the molecule is CN(/C=C\C=C(\N)C=O)CCOC1CC1. The number of nitrogens with zero attached hydrogens (tertiary/aromatic N) is 1. The van der Waals surface area contributed by atoms with Gasteiger partial charge in [0, 0.05) is 13.6 Å². The molecule has 0 spiro atoms. The Balaban J connectivity index is 2.10. The van der Waals surface area contributed by atoms with Crippen LogP contribution in [0.1, 0.15) is 12.8 Å². The zero-order valence-electron chi connectivity index (χ0n) is 9.06. The third-order valence-electron chi connectivity index (χ3n) is 2.09. The Morgan fingerprint density at radius 3 is 2.93 bits per heavy atom. The summed E-state index contributed by atoms with van der Waals surface area (Å²) in [6.45, 7) is 1.60. The van der Waals surface area contributed by atoms with Crippen molar-refractivity contribution in [2.45, 2.75) is 18.9 Å². The average Bonchev–Trinajstić information content (AvgIpc) is 3.01. The minimum atomic E-state index is 0.230. The lowest BCUT2D eigenvalue weighted by atomic mass is 10.4. The van der Waals surface area contributed by atoms with Crippen LogP contribution in [0, 0.1) is 0 Å². The number of hydrogen-bond acceptors (Lipinski definition) is 4. The highest BCUT2D eigenvalue weighted by Crippen LogP contribution is 2.22. The molecule has 4 heteroatoms. The van der Waals surface area contributed by atoms with Gasteiger partial charge in [0.25, 0.3) is 0 Å². The molecule has 1 aliphatic carbocycles. The molecule has 0 atom stereocenters. The van der Waals surface area contributed by atoms with E-state index in [-0.39, 0.29) is 5.70 Å². The first-order valence-electron chi connectivity index (χ1n) is 5.13. The van der Waals surface area contributed by atoms with Crippen LogP contribution >= 0.6 is 0 Å². The highest BCUT2D eigenvalue weighted by molar-refractivity contribution is 5.72. The van der Waals surface area contributed by atoms with Gasteiger partial charge in [0.2, 0.25) is 0 Å². The molecule has 0 aromatic rings. The van der Waals surface area contributed by atoms with Gasteiger partial charge in [0.15, 0.2) is 6.29 Å². The molecule has 15 heavy (non-hydrogen) atoms. The maximum atomic E-state index is 10.2. The minimum absolute atomic E-state index is 0.230. The van der Waals surface area contributed by atoms with Gasteiger partial charge >= 0.3 is 0 Å². The van der Waals surface area contributed by atoms with Gasteiger partial charge in [-0.15, -0.1) is 0 Å². The van der Waals surface area contributed by atoms with Gasteiger partial charge in [-0.2, -0.15) is 0 Å². The molecule has 0 bridgehead atoms. The van der Waals surface area contributed by atoms with Crippen molar-refractivity contribution in [1.82, 2.24) is 4.90 Å². The molecule has 0 heterocycles. The van der Waals surface area contributed by atoms with E-state index in [9.17, 15) is 4.79 Å². The number of allylic oxidation sites excluding steroid dienone is 3. The second kappa shape index (κ2) is 6.24. The van der Waals surface area contributed by atoms with Crippen molar-refractivity contribution < 1.29 is 9.53 Å². The standard InChI is InChI=1S/C11H18N2O2/c1-13(6-2-3-10(12)9-14)7-8-15-11-4-5-11/h2-3,6,9,11H,4-5,7-8,12H2,1H3/b6-2-,10-3+. The zero-order chi connectivity index (χ0) is 11.1. The summed E-state index contributed by atoms with van der Waals surface area (Å²) in [5.74, 6) is 0. The molecule has 0 aliphatic heterocycles. The Hall–Kier alpha value is -1.29. The Kier molecular flexibility index (Phi) is 4.90. The Morgan fingerprint density at radius 2 is 2.33 bits per heavy atom. The van der Waals surface area contributed by atoms with Crippen molar-refractivity contribution in [2.24, 2.45) is 5.73 Å². The van der Waals surface area contributed by atoms with Crippen LogP contribution in [0.4, 0.5) is 0 Å². The fraction of sp³-hybridized carbons (Fsp3) is 0.545. The molecule has 0 radical (unpaired) electrons. The summed E-state index contributed by atoms with van der Waals surface area (Å²) < 4.78 is 5.50. The number of hydrogen-bond donors (Lipinski definition) is 1. The van der Waals surface area contributed by atoms with E-state index in [0.29, 0.717) is 12.4 Å². The number of nitrogens with two attached hydrogens (primary N) is 1. The number of ether oxygens (including phenoxy) is 1. The maximum absolute atomic E-state index is 10.2. The lowest BCUT2D eigenvalue weighted by Gasteiger charge is -2.13. The van der Waals surface area contributed by atoms with Crippen LogP contribution < -0.4 is 5.73 Å². The van der Waals surface area contributed by atoms with Crippen molar-refractivity contribution in [3.8, 4) is 0 Å². The Bertz CT molecular complexity index is 257. The molecule has 4 nitrogen and oxygen atoms in total. The number of rotatable bonds is 7. The normalized spacial score (nSPS) is 17.0. The number of likely N-dealkylation sites (N-methyl/N-ethyl adjacent to an activating group) is 1. The Labute approximate surface area is 90.4 Å². The van der Waals surface area contributed by atoms with E-state index < -0.39 is 0 Å². The molecule has 0 unspecified atom stereocenters. The van der Waals surface area contributed by atoms with Gasteiger partial charge in [-0.1, -0.05) is 0 Å². The van der Waals surface area contributed by atoms with E-state index in [4.69, 9.17) is 10.5 Å². The molecule has 2 N–H and O–H groups in total. The van der Waals surface area contributed by atoms with E-state index in [2.05, 4.69) is 0 Å². The van der Waals surface area contributed by atoms with Crippen molar-refractivity contribution in [1.29, 1.82) is 0 Å². The van der Waals surface area contributed by atoms with Crippen LogP contribution in [-0.2, 0) is 9.53 Å². The van der Waals surface area contributed by atoms with E-state index in [1.165, 1.54) is 12.8 Å². The van der Waals surface area contributed by atoms with Crippen LogP contribution in [0.15, 0.2) is 24.0 Å². The Morgan fingerprint density at radius 1 is 1.60 bits per heavy atom. The van der Waals surface area contributed by atoms with E-state index in [1.54, 1.807) is 12.2 Å². The molecule has 0 aromatic carbocycles. The van der Waals surface area contributed by atoms with Gasteiger partial charge in [-0.25, -0.2) is 0 Å². The first kappa shape index (κ1) is 11.8. The van der Waals surface area contributed by atoms with Gasteiger partial charge in [0.1, 0.15) is 0 Å². The van der Waals surface area contributed by atoms with Crippen molar-refractivity contribution >= 4 is 6.29 Å². The highest BCUT2D eigenvalue weighted by atomic mass is 16.5. The van der Waals surface area contributed by atoms with Gasteiger partial charge in [0.05, 0.1) is 18.4 Å². The van der Waals surface area contributed by atoms with Crippen LogP contribution in [-0.4, -0.2) is 37.5 Å². The molecular formula is C11H18N2O2. The van der Waals surface area contributed by atoms with Gasteiger partial charge < -0.3 is 15.4 Å². The van der Waals surface area contributed by atoms with E-state index in [0.717, 1.165) is 13.2 Å². The van der Waals surface area contributed by atoms with Gasteiger partial charge in [-0.05, 0) is 31.2 Å². The van der Waals surface area contributed by atoms with Crippen molar-refractivity contribution in [2.75, 3.05) is 20.2 Å². The molecule has 0 saturated heterocycles. The topological polar surface area (TPSA) is 55.6 Å². The van der Waals surface area contributed by atoms with Crippen LogP contribution in [0.2, 0.25) is 0 Å². The molecule has 1 fully saturated rings. The molecule has 1 aliphatic rings. The summed E-state index contributed by atoms with van der Waals surface area (Å²) in [6, 6.07) is 0. The predicted octanol–water partition coefficient (Wildman–Crippen LogP) is 0.652. The second-order valence-electron chi connectivity index (χ2n) is 3.68. The average molecular weight is 210 g/mol. The first-order valence-corrected chi connectivity index (χ1v) is 5.13. The van der Waals surface area contributed by atoms with Gasteiger partial charge in [-0.3, -0.25) is 4.79 Å². The lowest BCUT2D eigenvalue weighted by Crippen LogP contribution is -2.17. The fourth-order valence-electron chi connectivity index (χ4n) is 1.01. The smallest absolute Gasteiger partial charge is 0.165 e. The minimum Gasteiger partial charge on any atom is -0.396 e.